The summed E-state index contributed by atoms with van der Waals surface area (Å²) in [6, 6.07) is 24.9. The maximum absolute atomic E-state index is 13.6. The highest BCUT2D eigenvalue weighted by Crippen LogP contribution is 2.31. The van der Waals surface area contributed by atoms with Crippen LogP contribution in [0.4, 0.5) is 5.69 Å². The quantitative estimate of drug-likeness (QED) is 0.465. The van der Waals surface area contributed by atoms with E-state index in [0.717, 1.165) is 23.4 Å². The second kappa shape index (κ2) is 10.0. The topological polar surface area (TPSA) is 70.2 Å². The summed E-state index contributed by atoms with van der Waals surface area (Å²) >= 11 is 1.55. The van der Waals surface area contributed by atoms with Gasteiger partial charge in [-0.3, -0.25) is 14.3 Å². The number of benzene rings is 3. The third-order valence-electron chi connectivity index (χ3n) is 5.70. The highest BCUT2D eigenvalue weighted by molar-refractivity contribution is 7.97. The van der Waals surface area contributed by atoms with E-state index in [1.54, 1.807) is 24.1 Å². The highest BCUT2D eigenvalue weighted by atomic mass is 32.2. The first-order chi connectivity index (χ1) is 15.6. The van der Waals surface area contributed by atoms with Crippen molar-refractivity contribution in [1.82, 2.24) is 10.0 Å². The maximum Gasteiger partial charge on any atom is 0.252 e. The molecule has 1 atom stereocenters. The third kappa shape index (κ3) is 5.03. The predicted molar refractivity (Wildman–Crippen MR) is 130 cm³/mol. The number of amides is 2. The van der Waals surface area contributed by atoms with Gasteiger partial charge in [0.05, 0.1) is 0 Å². The number of carbonyl (C=O) groups is 2. The Kier molecular flexibility index (Phi) is 6.93. The number of anilines is 1. The predicted octanol–water partition coefficient (Wildman–Crippen LogP) is 4.60. The van der Waals surface area contributed by atoms with E-state index in [2.05, 4.69) is 21.4 Å². The summed E-state index contributed by atoms with van der Waals surface area (Å²) in [7, 11) is 0. The number of carbonyl (C=O) groups excluding carboxylic acids is 2. The molecule has 1 aliphatic rings. The van der Waals surface area contributed by atoms with Gasteiger partial charge in [0.25, 0.3) is 5.91 Å². The van der Waals surface area contributed by atoms with Gasteiger partial charge in [0, 0.05) is 29.1 Å². The van der Waals surface area contributed by atoms with Gasteiger partial charge < -0.3 is 10.6 Å². The molecular weight excluding hydrogens is 418 g/mol. The molecule has 5 nitrogen and oxygen atoms in total. The zero-order chi connectivity index (χ0) is 22.4. The van der Waals surface area contributed by atoms with E-state index in [0.29, 0.717) is 24.1 Å². The van der Waals surface area contributed by atoms with Crippen LogP contribution in [0.15, 0.2) is 83.8 Å². The average Bonchev–Trinajstić information content (AvgIpc) is 2.84. The van der Waals surface area contributed by atoms with Crippen LogP contribution in [0, 0.1) is 0 Å². The molecule has 1 unspecified atom stereocenters. The fourth-order valence-electron chi connectivity index (χ4n) is 3.98. The molecule has 32 heavy (non-hydrogen) atoms. The molecule has 0 aromatic heterocycles. The van der Waals surface area contributed by atoms with E-state index in [1.807, 2.05) is 67.6 Å². The van der Waals surface area contributed by atoms with Crippen LogP contribution in [0.25, 0.3) is 0 Å². The number of fused-ring (bicyclic) bond motifs is 1. The molecule has 0 bridgehead atoms. The lowest BCUT2D eigenvalue weighted by Gasteiger charge is -2.37. The Morgan fingerprint density at radius 3 is 2.31 bits per heavy atom. The van der Waals surface area contributed by atoms with Crippen molar-refractivity contribution in [3.8, 4) is 0 Å². The van der Waals surface area contributed by atoms with Crippen LogP contribution in [-0.4, -0.2) is 23.9 Å². The number of aryl methyl sites for hydroxylation is 1. The molecule has 0 aliphatic heterocycles. The van der Waals surface area contributed by atoms with Crippen molar-refractivity contribution in [2.75, 3.05) is 11.9 Å². The summed E-state index contributed by atoms with van der Waals surface area (Å²) in [5.74, 6) is -0.430. The minimum Gasteiger partial charge on any atom is -0.337 e. The molecule has 4 rings (SSSR count). The van der Waals surface area contributed by atoms with E-state index in [1.165, 1.54) is 5.56 Å². The van der Waals surface area contributed by atoms with Gasteiger partial charge in [-0.05, 0) is 72.3 Å². The molecule has 3 N–H and O–H groups in total. The summed E-state index contributed by atoms with van der Waals surface area (Å²) in [5, 5.41) is 6.12. The van der Waals surface area contributed by atoms with Crippen molar-refractivity contribution in [3.63, 3.8) is 0 Å². The van der Waals surface area contributed by atoms with Crippen LogP contribution in [0.1, 0.15) is 34.8 Å². The maximum atomic E-state index is 13.6. The van der Waals surface area contributed by atoms with Crippen LogP contribution in [-0.2, 0) is 17.6 Å². The Bertz CT molecular complexity index is 1090. The smallest absolute Gasteiger partial charge is 0.252 e. The Labute approximate surface area is 193 Å². The Morgan fingerprint density at radius 2 is 1.59 bits per heavy atom. The van der Waals surface area contributed by atoms with Gasteiger partial charge >= 0.3 is 0 Å². The molecule has 0 radical (unpaired) electrons. The lowest BCUT2D eigenvalue weighted by molar-refractivity contribution is -0.122. The Morgan fingerprint density at radius 1 is 0.906 bits per heavy atom. The minimum absolute atomic E-state index is 0.191. The molecule has 1 aliphatic carbocycles. The van der Waals surface area contributed by atoms with E-state index in [4.69, 9.17) is 0 Å². The molecule has 2 amide bonds. The van der Waals surface area contributed by atoms with Gasteiger partial charge in [-0.1, -0.05) is 49.4 Å². The van der Waals surface area contributed by atoms with Crippen LogP contribution >= 0.6 is 11.9 Å². The van der Waals surface area contributed by atoms with Gasteiger partial charge in [-0.25, -0.2) is 0 Å². The number of rotatable bonds is 7. The van der Waals surface area contributed by atoms with Crippen molar-refractivity contribution in [2.24, 2.45) is 0 Å². The van der Waals surface area contributed by atoms with Gasteiger partial charge in [0.15, 0.2) is 0 Å². The highest BCUT2D eigenvalue weighted by Gasteiger charge is 2.42. The largest absolute Gasteiger partial charge is 0.337 e. The summed E-state index contributed by atoms with van der Waals surface area (Å²) in [5.41, 5.74) is 2.57. The second-order valence-electron chi connectivity index (χ2n) is 7.93. The molecule has 0 fully saturated rings. The van der Waals surface area contributed by atoms with E-state index < -0.39 is 5.54 Å². The summed E-state index contributed by atoms with van der Waals surface area (Å²) in [4.78, 5) is 27.7. The van der Waals surface area contributed by atoms with E-state index in [9.17, 15) is 9.59 Å². The first-order valence-corrected chi connectivity index (χ1v) is 11.7. The first-order valence-electron chi connectivity index (χ1n) is 10.9. The molecule has 0 spiro atoms. The van der Waals surface area contributed by atoms with Crippen molar-refractivity contribution < 1.29 is 9.59 Å². The SMILES string of the molecule is CCNSc1ccc(NC(=O)C2(NC(=O)c3ccccc3)CCc3ccccc3C2)cc1. The minimum atomic E-state index is -1.02. The molecule has 3 aromatic carbocycles. The monoisotopic (exact) mass is 445 g/mol. The Balaban J connectivity index is 1.57. The van der Waals surface area contributed by atoms with E-state index in [-0.39, 0.29) is 11.8 Å². The number of hydrogen-bond donors (Lipinski definition) is 3. The van der Waals surface area contributed by atoms with Crippen LogP contribution in [0.3, 0.4) is 0 Å². The van der Waals surface area contributed by atoms with E-state index >= 15 is 0 Å². The van der Waals surface area contributed by atoms with Crippen LogP contribution in [0.2, 0.25) is 0 Å². The van der Waals surface area contributed by atoms with Crippen LogP contribution < -0.4 is 15.4 Å². The molecule has 6 heteroatoms. The van der Waals surface area contributed by atoms with Gasteiger partial charge in [-0.2, -0.15) is 0 Å². The van der Waals surface area contributed by atoms with Crippen molar-refractivity contribution in [3.05, 3.63) is 95.6 Å². The molecule has 0 heterocycles. The molecular formula is C26H27N3O2S. The fourth-order valence-corrected chi connectivity index (χ4v) is 4.57. The van der Waals surface area contributed by atoms with Gasteiger partial charge in [-0.15, -0.1) is 0 Å². The third-order valence-corrected chi connectivity index (χ3v) is 6.64. The standard InChI is InChI=1S/C26H27N3O2S/c1-2-27-32-23-14-12-22(13-15-23)28-25(31)26(29-24(30)20-9-4-3-5-10-20)17-16-19-8-6-7-11-21(19)18-26/h3-15,27H,2,16-18H2,1H3,(H,28,31)(H,29,30). The fraction of sp³-hybridized carbons (Fsp3) is 0.231. The summed E-state index contributed by atoms with van der Waals surface area (Å²) in [6.45, 7) is 2.92. The van der Waals surface area contributed by atoms with Gasteiger partial charge in [0.2, 0.25) is 5.91 Å². The number of nitrogens with one attached hydrogen (secondary N) is 3. The lowest BCUT2D eigenvalue weighted by atomic mass is 9.77. The summed E-state index contributed by atoms with van der Waals surface area (Å²) < 4.78 is 3.21. The van der Waals surface area contributed by atoms with Crippen molar-refractivity contribution in [2.45, 2.75) is 36.6 Å². The normalized spacial score (nSPS) is 17.3. The lowest BCUT2D eigenvalue weighted by Crippen LogP contribution is -2.59. The second-order valence-corrected chi connectivity index (χ2v) is 8.89. The van der Waals surface area contributed by atoms with Gasteiger partial charge in [0.1, 0.15) is 5.54 Å². The first kappa shape index (κ1) is 22.1. The summed E-state index contributed by atoms with van der Waals surface area (Å²) in [6.07, 6.45) is 1.74. The zero-order valence-corrected chi connectivity index (χ0v) is 18.9. The Hall–Kier alpha value is -3.09. The van der Waals surface area contributed by atoms with Crippen molar-refractivity contribution in [1.29, 1.82) is 0 Å². The molecule has 0 saturated heterocycles. The van der Waals surface area contributed by atoms with Crippen LogP contribution in [0.5, 0.6) is 0 Å². The van der Waals surface area contributed by atoms with Crippen molar-refractivity contribution >= 4 is 29.4 Å². The molecule has 164 valence electrons. The average molecular weight is 446 g/mol. The number of hydrogen-bond acceptors (Lipinski definition) is 4. The zero-order valence-electron chi connectivity index (χ0n) is 18.1. The molecule has 3 aromatic rings. The molecule has 0 saturated carbocycles.